The average molecular weight is 489 g/mol. The summed E-state index contributed by atoms with van der Waals surface area (Å²) in [4.78, 5) is 13.0. The summed E-state index contributed by atoms with van der Waals surface area (Å²) in [5.74, 6) is -1.09. The zero-order valence-corrected chi connectivity index (χ0v) is 20.2. The summed E-state index contributed by atoms with van der Waals surface area (Å²) in [7, 11) is 0. The minimum Gasteiger partial charge on any atom is -0.507 e. The molecule has 0 radical (unpaired) electrons. The van der Waals surface area contributed by atoms with Crippen molar-refractivity contribution in [1.82, 2.24) is 5.32 Å². The number of phenols is 1. The molecule has 1 fully saturated rings. The lowest BCUT2D eigenvalue weighted by molar-refractivity contribution is -0.0441. The van der Waals surface area contributed by atoms with Crippen molar-refractivity contribution in [3.05, 3.63) is 100 Å². The summed E-state index contributed by atoms with van der Waals surface area (Å²) in [5.41, 5.74) is 0.898. The van der Waals surface area contributed by atoms with Gasteiger partial charge < -0.3 is 15.5 Å². The Labute approximate surface area is 211 Å². The summed E-state index contributed by atoms with van der Waals surface area (Å²) in [5, 5.41) is 35.2. The summed E-state index contributed by atoms with van der Waals surface area (Å²) in [6.45, 7) is 0.00200. The molecule has 1 aliphatic carbocycles. The van der Waals surface area contributed by atoms with E-state index in [1.54, 1.807) is 30.3 Å². The van der Waals surface area contributed by atoms with Gasteiger partial charge in [-0.25, -0.2) is 0 Å². The normalized spacial score (nSPS) is 16.6. The number of hydrogen-bond acceptors (Lipinski definition) is 4. The van der Waals surface area contributed by atoms with Crippen LogP contribution in [0, 0.1) is 17.2 Å². The Bertz CT molecular complexity index is 1220. The molecule has 35 heavy (non-hydrogen) atoms. The van der Waals surface area contributed by atoms with Crippen LogP contribution in [0.15, 0.2) is 72.8 Å². The van der Waals surface area contributed by atoms with Crippen LogP contribution in [0.4, 0.5) is 0 Å². The second-order valence-electron chi connectivity index (χ2n) is 9.22. The van der Waals surface area contributed by atoms with Gasteiger partial charge in [0.1, 0.15) is 11.8 Å². The fourth-order valence-electron chi connectivity index (χ4n) is 5.28. The maximum absolute atomic E-state index is 13.0. The summed E-state index contributed by atoms with van der Waals surface area (Å²) >= 11 is 6.42. The van der Waals surface area contributed by atoms with Crippen molar-refractivity contribution in [2.24, 2.45) is 5.92 Å². The topological polar surface area (TPSA) is 93.4 Å². The molecule has 0 spiro atoms. The Morgan fingerprint density at radius 1 is 1.03 bits per heavy atom. The molecule has 3 aromatic carbocycles. The van der Waals surface area contributed by atoms with Crippen LogP contribution >= 0.6 is 11.6 Å². The molecule has 1 aliphatic rings. The van der Waals surface area contributed by atoms with Crippen molar-refractivity contribution in [3.8, 4) is 11.8 Å². The van der Waals surface area contributed by atoms with Gasteiger partial charge in [0.2, 0.25) is 0 Å². The minimum atomic E-state index is -1.32. The number of carbonyl (C=O) groups is 1. The molecular formula is C29H29ClN2O3. The van der Waals surface area contributed by atoms with Gasteiger partial charge in [0.25, 0.3) is 5.91 Å². The zero-order valence-electron chi connectivity index (χ0n) is 19.5. The maximum atomic E-state index is 13.0. The van der Waals surface area contributed by atoms with E-state index in [1.165, 1.54) is 6.07 Å². The number of aromatic hydroxyl groups is 1. The predicted octanol–water partition coefficient (Wildman–Crippen LogP) is 5.79. The van der Waals surface area contributed by atoms with Gasteiger partial charge in [-0.15, -0.1) is 0 Å². The largest absolute Gasteiger partial charge is 0.507 e. The van der Waals surface area contributed by atoms with Crippen molar-refractivity contribution >= 4 is 17.5 Å². The standard InChI is InChI=1S/C29H29ClN2O3/c30-25-17-21(15-16-22(25)18-31)27(20-9-3-1-4-10-20)29(35,23-11-5-2-6-12-23)19-32-28(34)24-13-7-8-14-26(24)33/h1,3-4,7-10,13-17,23,27,33,35H,2,5-6,11-12,19H2,(H,32,34). The number of nitrogens with zero attached hydrogens (tertiary/aromatic N) is 1. The van der Waals surface area contributed by atoms with Gasteiger partial charge in [-0.1, -0.05) is 79.4 Å². The first-order valence-electron chi connectivity index (χ1n) is 12.0. The first kappa shape index (κ1) is 24.8. The van der Waals surface area contributed by atoms with E-state index in [4.69, 9.17) is 11.6 Å². The van der Waals surface area contributed by atoms with Gasteiger partial charge in [-0.3, -0.25) is 4.79 Å². The SMILES string of the molecule is N#Cc1ccc(C(c2ccccc2)C(O)(CNC(=O)c2ccccc2O)C2CCCCC2)cc1Cl. The Morgan fingerprint density at radius 3 is 2.37 bits per heavy atom. The van der Waals surface area contributed by atoms with Gasteiger partial charge in [0, 0.05) is 12.5 Å². The number of nitrogens with one attached hydrogen (secondary N) is 1. The van der Waals surface area contributed by atoms with Crippen LogP contribution in [0.1, 0.15) is 65.1 Å². The maximum Gasteiger partial charge on any atom is 0.255 e. The fourth-order valence-corrected chi connectivity index (χ4v) is 5.52. The third-order valence-corrected chi connectivity index (χ3v) is 7.39. The molecule has 0 bridgehead atoms. The van der Waals surface area contributed by atoms with Crippen LogP contribution in [-0.2, 0) is 0 Å². The summed E-state index contributed by atoms with van der Waals surface area (Å²) in [6.07, 6.45) is 4.83. The molecule has 0 aliphatic heterocycles. The Kier molecular flexibility index (Phi) is 7.75. The lowest BCUT2D eigenvalue weighted by atomic mass is 9.66. The third-order valence-electron chi connectivity index (χ3n) is 7.07. The number of phenolic OH excluding ortho intramolecular Hbond substituents is 1. The quantitative estimate of drug-likeness (QED) is 0.392. The molecule has 2 atom stereocenters. The van der Waals surface area contributed by atoms with E-state index in [-0.39, 0.29) is 23.8 Å². The number of benzene rings is 3. The number of carbonyl (C=O) groups excluding carboxylic acids is 1. The van der Waals surface area contributed by atoms with Gasteiger partial charge in [-0.05, 0) is 54.2 Å². The summed E-state index contributed by atoms with van der Waals surface area (Å²) in [6, 6.07) is 23.4. The fraction of sp³-hybridized carbons (Fsp3) is 0.310. The van der Waals surface area contributed by atoms with E-state index in [0.29, 0.717) is 10.6 Å². The molecule has 5 nitrogen and oxygen atoms in total. The molecule has 4 rings (SSSR count). The average Bonchev–Trinajstić information content (AvgIpc) is 2.89. The molecule has 0 heterocycles. The second kappa shape index (κ2) is 10.9. The van der Waals surface area contributed by atoms with Crippen molar-refractivity contribution in [2.45, 2.75) is 43.6 Å². The molecular weight excluding hydrogens is 460 g/mol. The van der Waals surface area contributed by atoms with Gasteiger partial charge >= 0.3 is 0 Å². The van der Waals surface area contributed by atoms with Crippen molar-refractivity contribution in [1.29, 1.82) is 5.26 Å². The molecule has 6 heteroatoms. The minimum absolute atomic E-state index is 0.00200. The van der Waals surface area contributed by atoms with Gasteiger partial charge in [-0.2, -0.15) is 5.26 Å². The number of hydrogen-bond donors (Lipinski definition) is 3. The molecule has 180 valence electrons. The van der Waals surface area contributed by atoms with Crippen LogP contribution in [-0.4, -0.2) is 28.3 Å². The highest BCUT2D eigenvalue weighted by atomic mass is 35.5. The number of halogens is 1. The molecule has 1 amide bonds. The molecule has 0 aromatic heterocycles. The van der Waals surface area contributed by atoms with E-state index in [0.717, 1.165) is 43.2 Å². The summed E-state index contributed by atoms with van der Waals surface area (Å²) < 4.78 is 0. The van der Waals surface area contributed by atoms with Crippen molar-refractivity contribution in [3.63, 3.8) is 0 Å². The highest BCUT2D eigenvalue weighted by Gasteiger charge is 2.46. The van der Waals surface area contributed by atoms with E-state index in [1.807, 2.05) is 36.4 Å². The van der Waals surface area contributed by atoms with Crippen LogP contribution in [0.3, 0.4) is 0 Å². The Hall–Kier alpha value is -3.33. The van der Waals surface area contributed by atoms with Crippen LogP contribution < -0.4 is 5.32 Å². The molecule has 0 saturated heterocycles. The molecule has 3 N–H and O–H groups in total. The molecule has 2 unspecified atom stereocenters. The van der Waals surface area contributed by atoms with E-state index >= 15 is 0 Å². The Morgan fingerprint density at radius 2 is 1.71 bits per heavy atom. The van der Waals surface area contributed by atoms with Gasteiger partial charge in [0.05, 0.1) is 21.8 Å². The van der Waals surface area contributed by atoms with Crippen LogP contribution in [0.5, 0.6) is 5.75 Å². The lowest BCUT2D eigenvalue weighted by Gasteiger charge is -2.44. The number of nitriles is 1. The predicted molar refractivity (Wildman–Crippen MR) is 136 cm³/mol. The first-order chi connectivity index (χ1) is 16.9. The highest BCUT2D eigenvalue weighted by Crippen LogP contribution is 2.45. The van der Waals surface area contributed by atoms with Crippen LogP contribution in [0.2, 0.25) is 5.02 Å². The van der Waals surface area contributed by atoms with E-state index in [2.05, 4.69) is 11.4 Å². The van der Waals surface area contributed by atoms with E-state index < -0.39 is 17.4 Å². The third kappa shape index (κ3) is 5.35. The zero-order chi connectivity index (χ0) is 24.8. The van der Waals surface area contributed by atoms with E-state index in [9.17, 15) is 20.3 Å². The molecule has 3 aromatic rings. The Balaban J connectivity index is 1.77. The van der Waals surface area contributed by atoms with Crippen LogP contribution in [0.25, 0.3) is 0 Å². The van der Waals surface area contributed by atoms with Gasteiger partial charge in [0.15, 0.2) is 0 Å². The smallest absolute Gasteiger partial charge is 0.255 e. The van der Waals surface area contributed by atoms with Crippen molar-refractivity contribution < 1.29 is 15.0 Å². The number of rotatable bonds is 7. The monoisotopic (exact) mass is 488 g/mol. The number of para-hydroxylation sites is 1. The number of aliphatic hydroxyl groups is 1. The molecule has 1 saturated carbocycles. The lowest BCUT2D eigenvalue weighted by Crippen LogP contribution is -2.53. The second-order valence-corrected chi connectivity index (χ2v) is 9.63. The number of amides is 1. The first-order valence-corrected chi connectivity index (χ1v) is 12.3. The highest BCUT2D eigenvalue weighted by molar-refractivity contribution is 6.31. The van der Waals surface area contributed by atoms with Crippen molar-refractivity contribution in [2.75, 3.05) is 6.54 Å².